The quantitative estimate of drug-likeness (QED) is 0.472. The fourth-order valence-corrected chi connectivity index (χ4v) is 5.54. The molecule has 0 atom stereocenters. The Morgan fingerprint density at radius 3 is 2.15 bits per heavy atom. The summed E-state index contributed by atoms with van der Waals surface area (Å²) in [5, 5.41) is 4.49. The smallest absolute Gasteiger partial charge is 0.263 e. The van der Waals surface area contributed by atoms with E-state index in [0.717, 1.165) is 6.07 Å². The minimum absolute atomic E-state index is 0.0339. The van der Waals surface area contributed by atoms with Gasteiger partial charge in [-0.1, -0.05) is 23.4 Å². The van der Waals surface area contributed by atoms with E-state index < -0.39 is 41.7 Å². The summed E-state index contributed by atoms with van der Waals surface area (Å²) < 4.78 is 88.4. The van der Waals surface area contributed by atoms with E-state index in [4.69, 9.17) is 16.7 Å². The molecule has 1 heterocycles. The molecule has 0 bridgehead atoms. The Bertz CT molecular complexity index is 1410. The van der Waals surface area contributed by atoms with Gasteiger partial charge in [0.25, 0.3) is 10.0 Å². The predicted octanol–water partition coefficient (Wildman–Crippen LogP) is 4.66. The fraction of sp³-hybridized carbons (Fsp3) is 0.105. The zero-order valence-corrected chi connectivity index (χ0v) is 19.8. The third-order valence-corrected chi connectivity index (χ3v) is 8.13. The highest BCUT2D eigenvalue weighted by atomic mass is 35.5. The van der Waals surface area contributed by atoms with Gasteiger partial charge in [0, 0.05) is 9.79 Å². The Kier molecular flexibility index (Phi) is 7.01. The van der Waals surface area contributed by atoms with Crippen LogP contribution in [0.1, 0.15) is 11.3 Å². The highest BCUT2D eigenvalue weighted by molar-refractivity contribution is 7.99. The van der Waals surface area contributed by atoms with Crippen LogP contribution in [0.5, 0.6) is 0 Å². The number of rotatable bonds is 6. The summed E-state index contributed by atoms with van der Waals surface area (Å²) in [5.74, 6) is -0.0580. The van der Waals surface area contributed by atoms with Crippen molar-refractivity contribution in [1.82, 2.24) is 4.98 Å². The van der Waals surface area contributed by atoms with Crippen LogP contribution in [0.25, 0.3) is 0 Å². The molecule has 0 aliphatic heterocycles. The number of anilines is 1. The Balaban J connectivity index is 1.80. The number of nitrogens with one attached hydrogen (secondary N) is 1. The van der Waals surface area contributed by atoms with Crippen LogP contribution in [0.15, 0.2) is 74.2 Å². The van der Waals surface area contributed by atoms with E-state index in [1.165, 1.54) is 30.0 Å². The van der Waals surface area contributed by atoms with Crippen molar-refractivity contribution in [2.24, 2.45) is 5.14 Å². The van der Waals surface area contributed by atoms with Gasteiger partial charge < -0.3 is 0 Å². The van der Waals surface area contributed by atoms with E-state index in [1.54, 1.807) is 25.1 Å². The lowest BCUT2D eigenvalue weighted by Gasteiger charge is -2.13. The molecule has 0 radical (unpaired) electrons. The molecular weight excluding hydrogens is 523 g/mol. The Hall–Kier alpha value is -2.32. The molecule has 3 N–H and O–H groups in total. The number of alkyl halides is 3. The van der Waals surface area contributed by atoms with Crippen molar-refractivity contribution in [3.8, 4) is 0 Å². The van der Waals surface area contributed by atoms with Gasteiger partial charge in [-0.05, 0) is 61.5 Å². The molecule has 176 valence electrons. The van der Waals surface area contributed by atoms with E-state index in [9.17, 15) is 30.0 Å². The summed E-state index contributed by atoms with van der Waals surface area (Å²) in [6.07, 6.45) is -4.66. The van der Waals surface area contributed by atoms with Crippen LogP contribution >= 0.6 is 23.4 Å². The Labute approximate surface area is 197 Å². The Morgan fingerprint density at radius 2 is 1.64 bits per heavy atom. The van der Waals surface area contributed by atoms with Crippen molar-refractivity contribution < 1.29 is 30.0 Å². The van der Waals surface area contributed by atoms with Gasteiger partial charge in [-0.15, -0.1) is 0 Å². The Morgan fingerprint density at radius 1 is 1.00 bits per heavy atom. The highest BCUT2D eigenvalue weighted by Gasteiger charge is 2.32. The molecule has 3 rings (SSSR count). The van der Waals surface area contributed by atoms with E-state index >= 15 is 0 Å². The maximum Gasteiger partial charge on any atom is 0.416 e. The number of sulfonamides is 2. The number of aryl methyl sites for hydroxylation is 1. The lowest BCUT2D eigenvalue weighted by Crippen LogP contribution is -2.15. The van der Waals surface area contributed by atoms with Crippen molar-refractivity contribution in [1.29, 1.82) is 0 Å². The van der Waals surface area contributed by atoms with Crippen molar-refractivity contribution in [3.05, 3.63) is 70.9 Å². The van der Waals surface area contributed by atoms with Gasteiger partial charge in [-0.25, -0.2) is 27.0 Å². The van der Waals surface area contributed by atoms with Crippen LogP contribution in [-0.2, 0) is 26.2 Å². The summed E-state index contributed by atoms with van der Waals surface area (Å²) >= 11 is 7.04. The first kappa shape index (κ1) is 25.3. The second kappa shape index (κ2) is 9.14. The average molecular weight is 538 g/mol. The van der Waals surface area contributed by atoms with Crippen LogP contribution in [0.4, 0.5) is 19.0 Å². The number of benzene rings is 2. The van der Waals surface area contributed by atoms with Gasteiger partial charge in [-0.3, -0.25) is 4.72 Å². The maximum atomic E-state index is 12.8. The summed E-state index contributed by atoms with van der Waals surface area (Å²) in [7, 11) is -8.11. The third kappa shape index (κ3) is 6.18. The minimum atomic E-state index is -4.66. The lowest BCUT2D eigenvalue weighted by atomic mass is 10.2. The monoisotopic (exact) mass is 537 g/mol. The second-order valence-electron chi connectivity index (χ2n) is 6.65. The van der Waals surface area contributed by atoms with Crippen molar-refractivity contribution >= 4 is 49.2 Å². The van der Waals surface area contributed by atoms with Crippen LogP contribution in [0.2, 0.25) is 5.02 Å². The predicted molar refractivity (Wildman–Crippen MR) is 118 cm³/mol. The third-order valence-electron chi connectivity index (χ3n) is 4.21. The molecule has 3 aromatic rings. The number of aromatic nitrogens is 1. The summed E-state index contributed by atoms with van der Waals surface area (Å²) in [6.45, 7) is 1.63. The molecule has 0 aliphatic rings. The van der Waals surface area contributed by atoms with Gasteiger partial charge in [-0.2, -0.15) is 13.2 Å². The second-order valence-corrected chi connectivity index (χ2v) is 11.4. The van der Waals surface area contributed by atoms with Crippen molar-refractivity contribution in [2.45, 2.75) is 32.7 Å². The van der Waals surface area contributed by atoms with Crippen LogP contribution in [-0.4, -0.2) is 21.8 Å². The first-order chi connectivity index (χ1) is 15.2. The largest absolute Gasteiger partial charge is 0.416 e. The van der Waals surface area contributed by atoms with E-state index in [1.807, 2.05) is 0 Å². The van der Waals surface area contributed by atoms with E-state index in [0.29, 0.717) is 27.6 Å². The van der Waals surface area contributed by atoms with Crippen LogP contribution < -0.4 is 9.86 Å². The number of primary sulfonamides is 1. The molecule has 0 amide bonds. The molecule has 2 aromatic carbocycles. The summed E-state index contributed by atoms with van der Waals surface area (Å²) in [4.78, 5) is 4.97. The fourth-order valence-electron chi connectivity index (χ4n) is 2.63. The number of halogens is 4. The van der Waals surface area contributed by atoms with Gasteiger partial charge in [0.15, 0.2) is 0 Å². The molecule has 14 heteroatoms. The standard InChI is InChI=1S/C19H15ClF3N3O4S3/c1-11-16(31-13-3-5-14(6-4-13)32(24,27)28)7-9-18(25-11)26-33(29,30)17-8-2-12(10-15(17)20)19(21,22)23/h2-10H,1H3,(H,25,26)(H2,24,27,28). The number of nitrogens with two attached hydrogens (primary N) is 1. The first-order valence-electron chi connectivity index (χ1n) is 8.85. The topological polar surface area (TPSA) is 119 Å². The first-order valence-corrected chi connectivity index (χ1v) is 13.1. The van der Waals surface area contributed by atoms with Gasteiger partial charge >= 0.3 is 6.18 Å². The average Bonchev–Trinajstić information content (AvgIpc) is 2.68. The molecule has 1 aromatic heterocycles. The van der Waals surface area contributed by atoms with Gasteiger partial charge in [0.1, 0.15) is 10.7 Å². The molecule has 0 spiro atoms. The molecule has 0 fully saturated rings. The molecule has 0 saturated heterocycles. The minimum Gasteiger partial charge on any atom is -0.263 e. The SMILES string of the molecule is Cc1nc(NS(=O)(=O)c2ccc(C(F)(F)F)cc2Cl)ccc1Sc1ccc(S(N)(=O)=O)cc1. The number of pyridine rings is 1. The summed E-state index contributed by atoms with van der Waals surface area (Å²) in [5.41, 5.74) is -0.617. The summed E-state index contributed by atoms with van der Waals surface area (Å²) in [6, 6.07) is 10.7. The highest BCUT2D eigenvalue weighted by Crippen LogP contribution is 2.34. The van der Waals surface area contributed by atoms with Crippen LogP contribution in [0, 0.1) is 6.92 Å². The van der Waals surface area contributed by atoms with Crippen LogP contribution in [0.3, 0.4) is 0 Å². The number of nitrogens with zero attached hydrogens (tertiary/aromatic N) is 1. The van der Waals surface area contributed by atoms with E-state index in [-0.39, 0.29) is 10.7 Å². The molecule has 0 saturated carbocycles. The normalized spacial score (nSPS) is 12.5. The van der Waals surface area contributed by atoms with E-state index in [2.05, 4.69) is 9.71 Å². The lowest BCUT2D eigenvalue weighted by molar-refractivity contribution is -0.137. The maximum absolute atomic E-state index is 12.8. The molecule has 33 heavy (non-hydrogen) atoms. The van der Waals surface area contributed by atoms with Gasteiger partial charge in [0.2, 0.25) is 10.0 Å². The number of hydrogen-bond donors (Lipinski definition) is 2. The zero-order chi connectivity index (χ0) is 24.6. The van der Waals surface area contributed by atoms with Crippen molar-refractivity contribution in [2.75, 3.05) is 4.72 Å². The molecule has 0 aliphatic carbocycles. The molecular formula is C19H15ClF3N3O4S3. The molecule has 7 nitrogen and oxygen atoms in total. The molecule has 0 unspecified atom stereocenters. The zero-order valence-electron chi connectivity index (χ0n) is 16.6. The van der Waals surface area contributed by atoms with Gasteiger partial charge in [0.05, 0.1) is 21.2 Å². The van der Waals surface area contributed by atoms with Crippen molar-refractivity contribution in [3.63, 3.8) is 0 Å². The number of hydrogen-bond acceptors (Lipinski definition) is 6.